The SMILES string of the molecule is CC(C)CCN(C)c1ccc(F)cc1C(C)N. The summed E-state index contributed by atoms with van der Waals surface area (Å²) in [6, 6.07) is 4.69. The third kappa shape index (κ3) is 4.00. The van der Waals surface area contributed by atoms with E-state index in [-0.39, 0.29) is 11.9 Å². The van der Waals surface area contributed by atoms with Gasteiger partial charge in [0, 0.05) is 25.3 Å². The lowest BCUT2D eigenvalue weighted by Gasteiger charge is -2.24. The molecule has 0 aliphatic rings. The Morgan fingerprint density at radius 3 is 2.47 bits per heavy atom. The van der Waals surface area contributed by atoms with Gasteiger partial charge in [0.05, 0.1) is 0 Å². The van der Waals surface area contributed by atoms with E-state index in [9.17, 15) is 4.39 Å². The Kier molecular flexibility index (Phi) is 4.94. The van der Waals surface area contributed by atoms with Crippen LogP contribution in [0.3, 0.4) is 0 Å². The molecule has 1 atom stereocenters. The first-order valence-electron chi connectivity index (χ1n) is 6.18. The highest BCUT2D eigenvalue weighted by Gasteiger charge is 2.12. The van der Waals surface area contributed by atoms with Crippen molar-refractivity contribution in [2.75, 3.05) is 18.5 Å². The minimum Gasteiger partial charge on any atom is -0.374 e. The lowest BCUT2D eigenvalue weighted by atomic mass is 10.0. The first kappa shape index (κ1) is 14.0. The van der Waals surface area contributed by atoms with Crippen LogP contribution in [-0.4, -0.2) is 13.6 Å². The van der Waals surface area contributed by atoms with Crippen molar-refractivity contribution in [3.63, 3.8) is 0 Å². The fourth-order valence-electron chi connectivity index (χ4n) is 1.81. The zero-order chi connectivity index (χ0) is 13.0. The van der Waals surface area contributed by atoms with Gasteiger partial charge in [-0.05, 0) is 43.0 Å². The van der Waals surface area contributed by atoms with Crippen molar-refractivity contribution in [1.29, 1.82) is 0 Å². The molecule has 96 valence electrons. The van der Waals surface area contributed by atoms with Gasteiger partial charge in [-0.3, -0.25) is 0 Å². The zero-order valence-corrected chi connectivity index (χ0v) is 11.2. The van der Waals surface area contributed by atoms with Gasteiger partial charge in [0.15, 0.2) is 0 Å². The molecule has 0 amide bonds. The molecular weight excluding hydrogens is 215 g/mol. The summed E-state index contributed by atoms with van der Waals surface area (Å²) < 4.78 is 13.2. The van der Waals surface area contributed by atoms with Crippen LogP contribution < -0.4 is 10.6 Å². The number of halogens is 1. The number of hydrogen-bond acceptors (Lipinski definition) is 2. The summed E-state index contributed by atoms with van der Waals surface area (Å²) in [5.41, 5.74) is 7.79. The van der Waals surface area contributed by atoms with Crippen LogP contribution >= 0.6 is 0 Å². The highest BCUT2D eigenvalue weighted by molar-refractivity contribution is 5.54. The standard InChI is InChI=1S/C14H23FN2/c1-10(2)7-8-17(4)14-6-5-12(15)9-13(14)11(3)16/h5-6,9-11H,7-8,16H2,1-4H3. The van der Waals surface area contributed by atoms with Gasteiger partial charge < -0.3 is 10.6 Å². The average Bonchev–Trinajstić information content (AvgIpc) is 2.25. The number of anilines is 1. The molecule has 2 nitrogen and oxygen atoms in total. The van der Waals surface area contributed by atoms with Crippen molar-refractivity contribution < 1.29 is 4.39 Å². The second-order valence-corrected chi connectivity index (χ2v) is 5.10. The second kappa shape index (κ2) is 6.01. The molecule has 0 aromatic heterocycles. The molecule has 2 N–H and O–H groups in total. The van der Waals surface area contributed by atoms with Crippen molar-refractivity contribution in [3.05, 3.63) is 29.6 Å². The minimum absolute atomic E-state index is 0.151. The summed E-state index contributed by atoms with van der Waals surface area (Å²) in [7, 11) is 2.03. The van der Waals surface area contributed by atoms with E-state index < -0.39 is 0 Å². The van der Waals surface area contributed by atoms with Crippen LogP contribution in [-0.2, 0) is 0 Å². The summed E-state index contributed by atoms with van der Waals surface area (Å²) in [6.45, 7) is 7.24. The molecule has 1 rings (SSSR count). The molecule has 0 saturated carbocycles. The normalized spacial score (nSPS) is 12.9. The third-order valence-corrected chi connectivity index (χ3v) is 2.93. The van der Waals surface area contributed by atoms with Crippen molar-refractivity contribution in [3.8, 4) is 0 Å². The molecule has 0 fully saturated rings. The molecule has 0 spiro atoms. The Hall–Kier alpha value is -1.09. The molecule has 0 aliphatic carbocycles. The van der Waals surface area contributed by atoms with Gasteiger partial charge in [-0.2, -0.15) is 0 Å². The van der Waals surface area contributed by atoms with E-state index in [0.717, 1.165) is 24.2 Å². The summed E-state index contributed by atoms with van der Waals surface area (Å²) in [4.78, 5) is 2.15. The van der Waals surface area contributed by atoms with Gasteiger partial charge in [-0.15, -0.1) is 0 Å². The lowest BCUT2D eigenvalue weighted by Crippen LogP contribution is -2.23. The largest absolute Gasteiger partial charge is 0.374 e. The quantitative estimate of drug-likeness (QED) is 0.852. The number of nitrogens with zero attached hydrogens (tertiary/aromatic N) is 1. The zero-order valence-electron chi connectivity index (χ0n) is 11.2. The molecule has 0 heterocycles. The molecule has 0 aliphatic heterocycles. The van der Waals surface area contributed by atoms with E-state index in [1.807, 2.05) is 20.0 Å². The van der Waals surface area contributed by atoms with Crippen molar-refractivity contribution in [2.45, 2.75) is 33.2 Å². The first-order chi connectivity index (χ1) is 7.91. The summed E-state index contributed by atoms with van der Waals surface area (Å²) in [5, 5.41) is 0. The van der Waals surface area contributed by atoms with Gasteiger partial charge in [-0.1, -0.05) is 13.8 Å². The lowest BCUT2D eigenvalue weighted by molar-refractivity contribution is 0.583. The van der Waals surface area contributed by atoms with Crippen molar-refractivity contribution >= 4 is 5.69 Å². The summed E-state index contributed by atoms with van der Waals surface area (Å²) >= 11 is 0. The Balaban J connectivity index is 2.88. The van der Waals surface area contributed by atoms with E-state index in [4.69, 9.17) is 5.73 Å². The molecule has 17 heavy (non-hydrogen) atoms. The number of hydrogen-bond donors (Lipinski definition) is 1. The Morgan fingerprint density at radius 2 is 1.94 bits per heavy atom. The maximum atomic E-state index is 13.2. The minimum atomic E-state index is -0.224. The van der Waals surface area contributed by atoms with Crippen LogP contribution in [0.15, 0.2) is 18.2 Å². The average molecular weight is 238 g/mol. The molecule has 0 saturated heterocycles. The highest BCUT2D eigenvalue weighted by atomic mass is 19.1. The fraction of sp³-hybridized carbons (Fsp3) is 0.571. The molecule has 1 aromatic rings. The fourth-order valence-corrected chi connectivity index (χ4v) is 1.81. The summed E-state index contributed by atoms with van der Waals surface area (Å²) in [5.74, 6) is 0.440. The van der Waals surface area contributed by atoms with Crippen molar-refractivity contribution in [2.24, 2.45) is 11.7 Å². The molecule has 3 heteroatoms. The van der Waals surface area contributed by atoms with E-state index in [0.29, 0.717) is 5.92 Å². The van der Waals surface area contributed by atoms with Crippen molar-refractivity contribution in [1.82, 2.24) is 0 Å². The molecule has 1 aromatic carbocycles. The number of nitrogens with two attached hydrogens (primary N) is 1. The van der Waals surface area contributed by atoms with Crippen LogP contribution in [0.4, 0.5) is 10.1 Å². The molecule has 0 radical (unpaired) electrons. The van der Waals surface area contributed by atoms with E-state index in [1.165, 1.54) is 12.1 Å². The first-order valence-corrected chi connectivity index (χ1v) is 6.18. The van der Waals surface area contributed by atoms with Gasteiger partial charge in [-0.25, -0.2) is 4.39 Å². The topological polar surface area (TPSA) is 29.3 Å². The van der Waals surface area contributed by atoms with Gasteiger partial charge >= 0.3 is 0 Å². The Bertz CT molecular complexity index is 361. The predicted molar refractivity (Wildman–Crippen MR) is 71.7 cm³/mol. The monoisotopic (exact) mass is 238 g/mol. The smallest absolute Gasteiger partial charge is 0.123 e. The predicted octanol–water partition coefficient (Wildman–Crippen LogP) is 3.33. The van der Waals surface area contributed by atoms with Gasteiger partial charge in [0.25, 0.3) is 0 Å². The summed E-state index contributed by atoms with van der Waals surface area (Å²) in [6.07, 6.45) is 1.12. The van der Waals surface area contributed by atoms with Gasteiger partial charge in [0.2, 0.25) is 0 Å². The van der Waals surface area contributed by atoms with Crippen LogP contribution in [0, 0.1) is 11.7 Å². The van der Waals surface area contributed by atoms with E-state index >= 15 is 0 Å². The highest BCUT2D eigenvalue weighted by Crippen LogP contribution is 2.25. The van der Waals surface area contributed by atoms with E-state index in [1.54, 1.807) is 0 Å². The molecule has 1 unspecified atom stereocenters. The van der Waals surface area contributed by atoms with Crippen LogP contribution in [0.5, 0.6) is 0 Å². The van der Waals surface area contributed by atoms with Crippen LogP contribution in [0.2, 0.25) is 0 Å². The molecule has 0 bridgehead atoms. The Labute approximate surface area is 104 Å². The number of rotatable bonds is 5. The Morgan fingerprint density at radius 1 is 1.29 bits per heavy atom. The van der Waals surface area contributed by atoms with Crippen LogP contribution in [0.1, 0.15) is 38.8 Å². The third-order valence-electron chi connectivity index (χ3n) is 2.93. The van der Waals surface area contributed by atoms with Gasteiger partial charge in [0.1, 0.15) is 5.82 Å². The second-order valence-electron chi connectivity index (χ2n) is 5.10. The maximum Gasteiger partial charge on any atom is 0.123 e. The van der Waals surface area contributed by atoms with Crippen LogP contribution in [0.25, 0.3) is 0 Å². The molecular formula is C14H23FN2. The van der Waals surface area contributed by atoms with E-state index in [2.05, 4.69) is 18.7 Å². The number of benzene rings is 1. The maximum absolute atomic E-state index is 13.2.